The summed E-state index contributed by atoms with van der Waals surface area (Å²) in [6, 6.07) is 5.16. The Morgan fingerprint density at radius 1 is 0.327 bits per heavy atom. The molecule has 0 heterocycles. The van der Waals surface area contributed by atoms with Crippen LogP contribution in [0.15, 0.2) is 42.5 Å². The van der Waals surface area contributed by atoms with Crippen LogP contribution >= 0.6 is 0 Å². The van der Waals surface area contributed by atoms with Crippen molar-refractivity contribution < 1.29 is 79.0 Å². The summed E-state index contributed by atoms with van der Waals surface area (Å²) in [6.45, 7) is 8.96. The van der Waals surface area contributed by atoms with Crippen LogP contribution in [0.4, 0.5) is 79.0 Å². The Labute approximate surface area is 289 Å². The number of benzene rings is 2. The minimum atomic E-state index is -6.05. The smallest absolute Gasteiger partial charge is 0.170 e. The van der Waals surface area contributed by atoms with Gasteiger partial charge in [-0.05, 0) is 72.3 Å². The van der Waals surface area contributed by atoms with Gasteiger partial charge in [-0.2, -0.15) is 79.0 Å². The standard InChI is InChI=1S/C19H20F12.C15H18F6/c1-6-13(2,3)10-7-11(14(4,16(20,21)22)17(23,24)25)9-12(8-10)15(5,18(26,27)28)19(29,30)31;1-5-12(2,3)10-7-6-8-11(9-10)13(4,14(16,17)18)15(19,20)21/h7-9H,6H2,1-5H3;6-9H,5H2,1-4H3. The van der Waals surface area contributed by atoms with Crippen LogP contribution in [0.3, 0.4) is 0 Å². The third-order valence-corrected chi connectivity index (χ3v) is 10.3. The maximum absolute atomic E-state index is 13.5. The van der Waals surface area contributed by atoms with Gasteiger partial charge in [0.2, 0.25) is 0 Å². The number of halogens is 18. The largest absolute Gasteiger partial charge is 0.406 e. The number of rotatable bonds is 7. The maximum atomic E-state index is 13.5. The van der Waals surface area contributed by atoms with E-state index in [4.69, 9.17) is 0 Å². The van der Waals surface area contributed by atoms with Crippen molar-refractivity contribution in [3.05, 3.63) is 70.3 Å². The lowest BCUT2D eigenvalue weighted by molar-refractivity contribution is -0.299. The quantitative estimate of drug-likeness (QED) is 0.245. The Hall–Kier alpha value is -2.82. The van der Waals surface area contributed by atoms with E-state index in [1.807, 2.05) is 6.92 Å². The van der Waals surface area contributed by atoms with Gasteiger partial charge in [-0.25, -0.2) is 0 Å². The van der Waals surface area contributed by atoms with Gasteiger partial charge in [0, 0.05) is 0 Å². The van der Waals surface area contributed by atoms with E-state index < -0.39 is 86.4 Å². The Bertz CT molecular complexity index is 1410. The minimum absolute atomic E-state index is 0.0133. The molecule has 2 aromatic rings. The van der Waals surface area contributed by atoms with E-state index in [0.717, 1.165) is 12.1 Å². The predicted molar refractivity (Wildman–Crippen MR) is 158 cm³/mol. The van der Waals surface area contributed by atoms with Crippen LogP contribution in [0.5, 0.6) is 0 Å². The van der Waals surface area contributed by atoms with Gasteiger partial charge >= 0.3 is 37.1 Å². The monoisotopic (exact) mass is 788 g/mol. The van der Waals surface area contributed by atoms with E-state index in [2.05, 4.69) is 0 Å². The first-order valence-corrected chi connectivity index (χ1v) is 15.3. The summed E-state index contributed by atoms with van der Waals surface area (Å²) in [4.78, 5) is 0. The van der Waals surface area contributed by atoms with Crippen molar-refractivity contribution in [1.82, 2.24) is 0 Å². The Morgan fingerprint density at radius 2 is 0.538 bits per heavy atom. The van der Waals surface area contributed by atoms with Gasteiger partial charge in [0.25, 0.3) is 0 Å². The highest BCUT2D eigenvalue weighted by molar-refractivity contribution is 5.44. The molecule has 300 valence electrons. The molecule has 0 aliphatic rings. The van der Waals surface area contributed by atoms with Gasteiger partial charge in [0.05, 0.1) is 0 Å². The van der Waals surface area contributed by atoms with E-state index in [9.17, 15) is 79.0 Å². The third kappa shape index (κ3) is 8.44. The Kier molecular flexibility index (Phi) is 12.8. The summed E-state index contributed by atoms with van der Waals surface area (Å²) in [5, 5.41) is 0. The highest BCUT2D eigenvalue weighted by Gasteiger charge is 2.71. The van der Waals surface area contributed by atoms with Crippen LogP contribution in [0.1, 0.15) is 103 Å². The molecule has 0 saturated carbocycles. The van der Waals surface area contributed by atoms with Gasteiger partial charge in [0.1, 0.15) is 0 Å². The Morgan fingerprint density at radius 3 is 0.808 bits per heavy atom. The molecule has 0 radical (unpaired) electrons. The van der Waals surface area contributed by atoms with Crippen LogP contribution in [0, 0.1) is 0 Å². The predicted octanol–water partition coefficient (Wildman–Crippen LogP) is 13.9. The lowest BCUT2D eigenvalue weighted by Crippen LogP contribution is -2.53. The first kappa shape index (κ1) is 47.2. The fourth-order valence-corrected chi connectivity index (χ4v) is 4.72. The van der Waals surface area contributed by atoms with Crippen LogP contribution in [-0.2, 0) is 27.1 Å². The van der Waals surface area contributed by atoms with Crippen LogP contribution in [0.25, 0.3) is 0 Å². The summed E-state index contributed by atoms with van der Waals surface area (Å²) in [7, 11) is 0. The summed E-state index contributed by atoms with van der Waals surface area (Å²) in [5.41, 5.74) is -19.4. The fourth-order valence-electron chi connectivity index (χ4n) is 4.72. The average Bonchev–Trinajstić information content (AvgIpc) is 2.96. The SMILES string of the molecule is CCC(C)(C)c1cc(C(C)(C(F)(F)F)C(F)(F)F)cc(C(C)(C(F)(F)F)C(F)(F)F)c1.CCC(C)(C)c1cccc(C(C)(C(F)(F)F)C(F)(F)F)c1. The third-order valence-electron chi connectivity index (χ3n) is 10.3. The first-order valence-electron chi connectivity index (χ1n) is 15.3. The molecule has 0 amide bonds. The molecule has 0 aliphatic heterocycles. The van der Waals surface area contributed by atoms with Crippen molar-refractivity contribution >= 4 is 0 Å². The lowest BCUT2D eigenvalue weighted by atomic mass is 9.71. The molecular weight excluding hydrogens is 750 g/mol. The van der Waals surface area contributed by atoms with Gasteiger partial charge in [-0.1, -0.05) is 84.0 Å². The summed E-state index contributed by atoms with van der Waals surface area (Å²) < 4.78 is 241. The van der Waals surface area contributed by atoms with Gasteiger partial charge in [0.15, 0.2) is 16.2 Å². The van der Waals surface area contributed by atoms with Crippen LogP contribution < -0.4 is 0 Å². The molecular formula is C34H38F18. The van der Waals surface area contributed by atoms with Crippen molar-refractivity contribution in [2.45, 2.75) is 139 Å². The van der Waals surface area contributed by atoms with Crippen molar-refractivity contribution in [3.63, 3.8) is 0 Å². The number of alkyl halides is 18. The minimum Gasteiger partial charge on any atom is -0.170 e. The second-order valence-corrected chi connectivity index (χ2v) is 14.2. The van der Waals surface area contributed by atoms with Crippen LogP contribution in [0.2, 0.25) is 0 Å². The zero-order valence-electron chi connectivity index (χ0n) is 29.3. The van der Waals surface area contributed by atoms with Crippen molar-refractivity contribution in [2.24, 2.45) is 0 Å². The summed E-state index contributed by atoms with van der Waals surface area (Å²) >= 11 is 0. The van der Waals surface area contributed by atoms with E-state index in [1.54, 1.807) is 19.9 Å². The molecule has 2 rings (SSSR count). The molecule has 0 spiro atoms. The Balaban J connectivity index is 0.000000560. The van der Waals surface area contributed by atoms with Crippen molar-refractivity contribution in [1.29, 1.82) is 0 Å². The topological polar surface area (TPSA) is 0 Å². The molecule has 0 fully saturated rings. The lowest BCUT2D eigenvalue weighted by Gasteiger charge is -2.39. The van der Waals surface area contributed by atoms with Crippen molar-refractivity contribution in [3.8, 4) is 0 Å². The maximum Gasteiger partial charge on any atom is 0.406 e. The molecule has 0 nitrogen and oxygen atoms in total. The van der Waals surface area contributed by atoms with Crippen LogP contribution in [-0.4, -0.2) is 37.1 Å². The molecule has 0 unspecified atom stereocenters. The van der Waals surface area contributed by atoms with Gasteiger partial charge in [-0.3, -0.25) is 0 Å². The number of hydrogen-bond donors (Lipinski definition) is 0. The number of hydrogen-bond acceptors (Lipinski definition) is 0. The zero-order valence-corrected chi connectivity index (χ0v) is 29.3. The first-order chi connectivity index (χ1) is 22.6. The van der Waals surface area contributed by atoms with E-state index in [-0.39, 0.29) is 33.3 Å². The zero-order chi connectivity index (χ0) is 41.8. The van der Waals surface area contributed by atoms with E-state index in [1.165, 1.54) is 26.8 Å². The molecule has 0 aromatic heterocycles. The molecule has 52 heavy (non-hydrogen) atoms. The van der Waals surface area contributed by atoms with Crippen molar-refractivity contribution in [2.75, 3.05) is 0 Å². The normalized spacial score (nSPS) is 15.0. The second-order valence-electron chi connectivity index (χ2n) is 14.2. The molecule has 0 saturated heterocycles. The molecule has 0 bridgehead atoms. The summed E-state index contributed by atoms with van der Waals surface area (Å²) in [5.74, 6) is 0. The molecule has 0 aliphatic carbocycles. The highest BCUT2D eigenvalue weighted by atomic mass is 19.4. The average molecular weight is 789 g/mol. The fraction of sp³-hybridized carbons (Fsp3) is 0.647. The molecule has 2 aromatic carbocycles. The molecule has 0 N–H and O–H groups in total. The second kappa shape index (κ2) is 14.1. The van der Waals surface area contributed by atoms with Gasteiger partial charge in [-0.15, -0.1) is 0 Å². The molecule has 18 heteroatoms. The molecule has 0 atom stereocenters. The van der Waals surface area contributed by atoms with E-state index in [0.29, 0.717) is 24.1 Å². The van der Waals surface area contributed by atoms with Gasteiger partial charge < -0.3 is 0 Å². The van der Waals surface area contributed by atoms with E-state index >= 15 is 0 Å². The highest BCUT2D eigenvalue weighted by Crippen LogP contribution is 2.57. The summed E-state index contributed by atoms with van der Waals surface area (Å²) in [6.07, 6.45) is -34.4.